The van der Waals surface area contributed by atoms with E-state index < -0.39 is 29.0 Å². The second-order valence-corrected chi connectivity index (χ2v) is 29.1. The number of nitrogens with zero attached hydrogens (tertiary/aromatic N) is 4. The molecule has 1 aliphatic rings. The van der Waals surface area contributed by atoms with Crippen molar-refractivity contribution in [1.82, 2.24) is 19.7 Å². The molecule has 0 unspecified atom stereocenters. The first kappa shape index (κ1) is 41.4. The highest BCUT2D eigenvalue weighted by molar-refractivity contribution is 7.98. The van der Waals surface area contributed by atoms with E-state index in [0.717, 1.165) is 44.9 Å². The maximum absolute atomic E-state index is 7.52. The molecule has 9 nitrogen and oxygen atoms in total. The molecule has 0 saturated carbocycles. The van der Waals surface area contributed by atoms with Gasteiger partial charge in [-0.05, 0) is 71.5 Å². The van der Waals surface area contributed by atoms with Crippen molar-refractivity contribution >= 4 is 56.0 Å². The standard InChI is InChI=1S/C45H59N5O4SSi2/c1-29-35(38(52-49-29)32-18-13-12-14-19-32)26-55-27-36-39(53-56(8,9)44(2,3)4)40(54-57(10,11)45(5,6)7)43(51-36)50-25-34(37-41(46)47-28-48-42(37)50)24-30-21-22-31-17-15-16-20-33(31)23-30/h12-23,25,28,36,39-40,43H,24,26-27H2,1-11H3,(H2,46,47,48)/t36-,39-,40-,43-/m1/s1. The van der Waals surface area contributed by atoms with Gasteiger partial charge in [-0.25, -0.2) is 9.97 Å². The Kier molecular flexibility index (Phi) is 11.4. The quantitative estimate of drug-likeness (QED) is 0.121. The molecule has 3 aromatic heterocycles. The van der Waals surface area contributed by atoms with Gasteiger partial charge in [-0.3, -0.25) is 0 Å². The van der Waals surface area contributed by atoms with Gasteiger partial charge in [0, 0.05) is 28.8 Å². The van der Waals surface area contributed by atoms with Gasteiger partial charge in [0.25, 0.3) is 0 Å². The maximum Gasteiger partial charge on any atom is 0.192 e. The number of hydrogen-bond acceptors (Lipinski definition) is 9. The summed E-state index contributed by atoms with van der Waals surface area (Å²) in [6, 6.07) is 25.3. The van der Waals surface area contributed by atoms with Gasteiger partial charge in [-0.15, -0.1) is 0 Å². The van der Waals surface area contributed by atoms with Gasteiger partial charge >= 0.3 is 0 Å². The van der Waals surface area contributed by atoms with E-state index in [1.165, 1.54) is 16.3 Å². The van der Waals surface area contributed by atoms with Crippen molar-refractivity contribution in [3.05, 3.63) is 108 Å². The van der Waals surface area contributed by atoms with Gasteiger partial charge in [0.15, 0.2) is 28.6 Å². The van der Waals surface area contributed by atoms with E-state index in [4.69, 9.17) is 28.8 Å². The summed E-state index contributed by atoms with van der Waals surface area (Å²) in [5.41, 5.74) is 12.7. The van der Waals surface area contributed by atoms with Crippen LogP contribution < -0.4 is 5.73 Å². The van der Waals surface area contributed by atoms with Gasteiger partial charge in [0.2, 0.25) is 0 Å². The molecule has 0 bridgehead atoms. The molecule has 0 radical (unpaired) electrons. The van der Waals surface area contributed by atoms with Gasteiger partial charge in [0.05, 0.1) is 17.2 Å². The highest BCUT2D eigenvalue weighted by Gasteiger charge is 2.54. The molecule has 4 atom stereocenters. The SMILES string of the molecule is Cc1noc(-c2ccccc2)c1CSC[C@H]1O[C@@H](n2cc(Cc3ccc4ccccc4c3)c3c(N)ncnc32)[C@H](O[Si](C)(C)C(C)(C)C)[C@@H]1O[Si](C)(C)C(C)(C)C. The van der Waals surface area contributed by atoms with Gasteiger partial charge in [-0.2, -0.15) is 11.8 Å². The fraction of sp³-hybridized carbons (Fsp3) is 0.444. The third-order valence-electron chi connectivity index (χ3n) is 12.5. The number of rotatable bonds is 12. The Bertz CT molecular complexity index is 2350. The molecule has 1 aliphatic heterocycles. The number of fused-ring (bicyclic) bond motifs is 2. The summed E-state index contributed by atoms with van der Waals surface area (Å²) in [6.45, 7) is 25.0. The average Bonchev–Trinajstić information content (AvgIpc) is 3.80. The van der Waals surface area contributed by atoms with Crippen LogP contribution in [0.1, 0.15) is 70.2 Å². The molecule has 302 valence electrons. The first-order valence-corrected chi connectivity index (χ1v) is 27.0. The van der Waals surface area contributed by atoms with E-state index >= 15 is 0 Å². The third kappa shape index (κ3) is 8.40. The number of ether oxygens (including phenoxy) is 1. The minimum Gasteiger partial charge on any atom is -0.408 e. The Hall–Kier alpha value is -3.79. The van der Waals surface area contributed by atoms with E-state index in [9.17, 15) is 0 Å². The average molecular weight is 822 g/mol. The number of hydrogen-bond donors (Lipinski definition) is 1. The first-order chi connectivity index (χ1) is 26.8. The van der Waals surface area contributed by atoms with Crippen LogP contribution in [0.3, 0.4) is 0 Å². The minimum atomic E-state index is -2.37. The fourth-order valence-electron chi connectivity index (χ4n) is 7.10. The predicted octanol–water partition coefficient (Wildman–Crippen LogP) is 11.3. The van der Waals surface area contributed by atoms with Gasteiger partial charge < -0.3 is 28.4 Å². The number of thioether (sulfide) groups is 1. The molecule has 0 amide bonds. The predicted molar refractivity (Wildman–Crippen MR) is 240 cm³/mol. The molecular formula is C45H59N5O4SSi2. The van der Waals surface area contributed by atoms with Crippen molar-refractivity contribution in [1.29, 1.82) is 0 Å². The highest BCUT2D eigenvalue weighted by Crippen LogP contribution is 2.47. The van der Waals surface area contributed by atoms with Crippen molar-refractivity contribution in [2.75, 3.05) is 11.5 Å². The molecule has 1 fully saturated rings. The van der Waals surface area contributed by atoms with Crippen LogP contribution in [-0.4, -0.2) is 60.4 Å². The normalized spacial score (nSPS) is 19.6. The number of aryl methyl sites for hydroxylation is 1. The summed E-state index contributed by atoms with van der Waals surface area (Å²) >= 11 is 1.82. The molecule has 2 N–H and O–H groups in total. The van der Waals surface area contributed by atoms with Gasteiger partial charge in [0.1, 0.15) is 30.0 Å². The molecule has 1 saturated heterocycles. The first-order valence-electron chi connectivity index (χ1n) is 20.0. The Morgan fingerprint density at radius 2 is 1.47 bits per heavy atom. The molecule has 3 aromatic carbocycles. The lowest BCUT2D eigenvalue weighted by molar-refractivity contribution is -0.0244. The smallest absolute Gasteiger partial charge is 0.192 e. The second kappa shape index (κ2) is 15.8. The number of nitrogens with two attached hydrogens (primary N) is 1. The highest BCUT2D eigenvalue weighted by atomic mass is 32.2. The number of benzene rings is 3. The molecular weight excluding hydrogens is 763 g/mol. The van der Waals surface area contributed by atoms with Crippen LogP contribution in [-0.2, 0) is 25.8 Å². The number of aromatic nitrogens is 4. The molecule has 12 heteroatoms. The van der Waals surface area contributed by atoms with E-state index in [1.807, 2.05) is 36.9 Å². The van der Waals surface area contributed by atoms with Crippen molar-refractivity contribution in [2.45, 2.75) is 121 Å². The molecule has 57 heavy (non-hydrogen) atoms. The third-order valence-corrected chi connectivity index (χ3v) is 22.5. The van der Waals surface area contributed by atoms with Crippen LogP contribution in [0.2, 0.25) is 36.3 Å². The lowest BCUT2D eigenvalue weighted by Gasteiger charge is -2.44. The van der Waals surface area contributed by atoms with E-state index in [-0.39, 0.29) is 22.3 Å². The molecule has 0 spiro atoms. The lowest BCUT2D eigenvalue weighted by Crippen LogP contribution is -2.53. The fourth-order valence-corrected chi connectivity index (χ4v) is 10.9. The topological polar surface area (TPSA) is 110 Å². The van der Waals surface area contributed by atoms with Crippen molar-refractivity contribution in [3.63, 3.8) is 0 Å². The lowest BCUT2D eigenvalue weighted by atomic mass is 10.0. The second-order valence-electron chi connectivity index (χ2n) is 18.6. The Labute approximate surface area is 344 Å². The van der Waals surface area contributed by atoms with E-state index in [2.05, 4.69) is 143 Å². The largest absolute Gasteiger partial charge is 0.408 e. The summed E-state index contributed by atoms with van der Waals surface area (Å²) in [5, 5.41) is 7.55. The minimum absolute atomic E-state index is 0.0245. The molecule has 4 heterocycles. The van der Waals surface area contributed by atoms with Crippen LogP contribution in [0.25, 0.3) is 33.1 Å². The molecule has 0 aliphatic carbocycles. The summed E-state index contributed by atoms with van der Waals surface area (Å²) in [5.74, 6) is 2.67. The van der Waals surface area contributed by atoms with Crippen LogP contribution >= 0.6 is 11.8 Å². The summed E-state index contributed by atoms with van der Waals surface area (Å²) in [4.78, 5) is 9.35. The Morgan fingerprint density at radius 3 is 2.16 bits per heavy atom. The zero-order valence-electron chi connectivity index (χ0n) is 35.4. The zero-order chi connectivity index (χ0) is 40.9. The van der Waals surface area contributed by atoms with Crippen LogP contribution in [0, 0.1) is 6.92 Å². The molecule has 7 rings (SSSR count). The monoisotopic (exact) mass is 821 g/mol. The van der Waals surface area contributed by atoms with Crippen LogP contribution in [0.4, 0.5) is 5.82 Å². The van der Waals surface area contributed by atoms with Crippen molar-refractivity contribution in [3.8, 4) is 11.3 Å². The van der Waals surface area contributed by atoms with Crippen LogP contribution in [0.15, 0.2) is 89.8 Å². The zero-order valence-corrected chi connectivity index (χ0v) is 38.2. The molecule has 6 aromatic rings. The Balaban J connectivity index is 1.29. The summed E-state index contributed by atoms with van der Waals surface area (Å²) in [6.07, 6.45) is 2.87. The number of anilines is 1. The Morgan fingerprint density at radius 1 is 0.825 bits per heavy atom. The van der Waals surface area contributed by atoms with Crippen LogP contribution in [0.5, 0.6) is 0 Å². The van der Waals surface area contributed by atoms with Gasteiger partial charge in [-0.1, -0.05) is 119 Å². The maximum atomic E-state index is 7.52. The van der Waals surface area contributed by atoms with E-state index in [0.29, 0.717) is 18.0 Å². The number of nitrogen functional groups attached to an aromatic ring is 1. The summed E-state index contributed by atoms with van der Waals surface area (Å²) in [7, 11) is -4.69. The van der Waals surface area contributed by atoms with Crippen molar-refractivity contribution in [2.24, 2.45) is 0 Å². The summed E-state index contributed by atoms with van der Waals surface area (Å²) < 4.78 is 30.3. The van der Waals surface area contributed by atoms with E-state index in [1.54, 1.807) is 6.33 Å². The van der Waals surface area contributed by atoms with Crippen molar-refractivity contribution < 1.29 is 18.1 Å².